The lowest BCUT2D eigenvalue weighted by Gasteiger charge is -2.36. The van der Waals surface area contributed by atoms with Crippen LogP contribution in [0.5, 0.6) is 0 Å². The van der Waals surface area contributed by atoms with Crippen LogP contribution in [0.25, 0.3) is 0 Å². The molecule has 3 fully saturated rings. The van der Waals surface area contributed by atoms with Crippen molar-refractivity contribution in [2.24, 2.45) is 11.3 Å². The van der Waals surface area contributed by atoms with Gasteiger partial charge in [0.1, 0.15) is 5.82 Å². The van der Waals surface area contributed by atoms with E-state index in [4.69, 9.17) is 23.2 Å². The fraction of sp³-hybridized carbons (Fsp3) is 0.531. The van der Waals surface area contributed by atoms with Crippen molar-refractivity contribution < 1.29 is 18.8 Å². The summed E-state index contributed by atoms with van der Waals surface area (Å²) in [5, 5.41) is 0.871. The number of nitrogens with zero attached hydrogens (tertiary/aromatic N) is 3. The molecule has 41 heavy (non-hydrogen) atoms. The highest BCUT2D eigenvalue weighted by atomic mass is 35.5. The van der Waals surface area contributed by atoms with E-state index in [1.54, 1.807) is 30.1 Å². The first kappa shape index (κ1) is 29.8. The maximum atomic E-state index is 13.9. The summed E-state index contributed by atoms with van der Waals surface area (Å²) in [6.07, 6.45) is 3.18. The van der Waals surface area contributed by atoms with Crippen LogP contribution in [-0.2, 0) is 19.8 Å². The summed E-state index contributed by atoms with van der Waals surface area (Å²) in [4.78, 5) is 46.1. The zero-order valence-corrected chi connectivity index (χ0v) is 25.6. The number of carbonyl (C=O) groups excluding carboxylic acids is 3. The number of hydrogen-bond acceptors (Lipinski definition) is 3. The lowest BCUT2D eigenvalue weighted by Crippen LogP contribution is -2.49. The van der Waals surface area contributed by atoms with Crippen LogP contribution in [0.15, 0.2) is 42.5 Å². The van der Waals surface area contributed by atoms with Crippen LogP contribution in [0, 0.1) is 17.2 Å². The molecule has 1 unspecified atom stereocenters. The minimum Gasteiger partial charge on any atom is -0.342 e. The Hall–Kier alpha value is -2.64. The van der Waals surface area contributed by atoms with Gasteiger partial charge in [-0.3, -0.25) is 14.4 Å². The Labute approximate surface area is 251 Å². The quantitative estimate of drug-likeness (QED) is 0.414. The Balaban J connectivity index is 1.35. The van der Waals surface area contributed by atoms with Gasteiger partial charge in [0.15, 0.2) is 0 Å². The molecule has 2 aromatic carbocycles. The average Bonchev–Trinajstić information content (AvgIpc) is 3.56. The Morgan fingerprint density at radius 3 is 2.17 bits per heavy atom. The second-order valence-corrected chi connectivity index (χ2v) is 13.6. The largest absolute Gasteiger partial charge is 0.342 e. The molecule has 1 aliphatic carbocycles. The van der Waals surface area contributed by atoms with E-state index in [-0.39, 0.29) is 46.8 Å². The lowest BCUT2D eigenvalue weighted by atomic mass is 9.82. The molecule has 5 rings (SSSR count). The third kappa shape index (κ3) is 5.85. The first-order valence-corrected chi connectivity index (χ1v) is 15.1. The predicted octanol–water partition coefficient (Wildman–Crippen LogP) is 5.90. The Morgan fingerprint density at radius 2 is 1.59 bits per heavy atom. The minimum atomic E-state index is -0.903. The molecule has 220 valence electrons. The Kier molecular flexibility index (Phi) is 8.16. The van der Waals surface area contributed by atoms with Crippen LogP contribution in [0.1, 0.15) is 63.5 Å². The third-order valence-corrected chi connectivity index (χ3v) is 10.3. The van der Waals surface area contributed by atoms with Gasteiger partial charge in [0.2, 0.25) is 17.7 Å². The standard InChI is InChI=1S/C32H38Cl2FN3O3/c1-31(2,22-6-8-23(35)9-7-22)29(40)36(4)27-19-38(18-24(27)21-5-10-25(33)26(34)17-21)28(39)20-11-15-37(16-12-20)30(41)32(3)13-14-32/h5-10,17,20,24,27H,11-16,18-19H2,1-4H3/t24-,27?/m1/s1. The summed E-state index contributed by atoms with van der Waals surface area (Å²) in [7, 11) is 1.78. The van der Waals surface area contributed by atoms with E-state index in [1.807, 2.05) is 42.7 Å². The molecule has 2 aromatic rings. The minimum absolute atomic E-state index is 0.0703. The van der Waals surface area contributed by atoms with Crippen molar-refractivity contribution in [1.82, 2.24) is 14.7 Å². The van der Waals surface area contributed by atoms with Crippen LogP contribution >= 0.6 is 23.2 Å². The van der Waals surface area contributed by atoms with Crippen LogP contribution < -0.4 is 0 Å². The third-order valence-electron chi connectivity index (χ3n) is 9.54. The van der Waals surface area contributed by atoms with Gasteiger partial charge < -0.3 is 14.7 Å². The highest BCUT2D eigenvalue weighted by Crippen LogP contribution is 2.47. The Morgan fingerprint density at radius 1 is 0.951 bits per heavy atom. The summed E-state index contributed by atoms with van der Waals surface area (Å²) in [6, 6.07) is 11.2. The number of carbonyl (C=O) groups is 3. The molecule has 2 heterocycles. The molecule has 0 N–H and O–H groups in total. The number of amides is 3. The Bertz CT molecular complexity index is 1340. The van der Waals surface area contributed by atoms with Crippen LogP contribution in [0.3, 0.4) is 0 Å². The van der Waals surface area contributed by atoms with Gasteiger partial charge in [-0.2, -0.15) is 0 Å². The summed E-state index contributed by atoms with van der Waals surface area (Å²) in [5.41, 5.74) is 0.524. The van der Waals surface area contributed by atoms with Gasteiger partial charge in [-0.25, -0.2) is 4.39 Å². The number of hydrogen-bond donors (Lipinski definition) is 0. The number of piperidine rings is 1. The van der Waals surface area contributed by atoms with Crippen molar-refractivity contribution in [3.05, 3.63) is 69.5 Å². The summed E-state index contributed by atoms with van der Waals surface area (Å²) in [5.74, 6) is -0.506. The fourth-order valence-electron chi connectivity index (χ4n) is 6.38. The molecule has 1 saturated carbocycles. The van der Waals surface area contributed by atoms with E-state index in [0.717, 1.165) is 18.4 Å². The summed E-state index contributed by atoms with van der Waals surface area (Å²) in [6.45, 7) is 7.74. The van der Waals surface area contributed by atoms with Gasteiger partial charge in [-0.15, -0.1) is 0 Å². The van der Waals surface area contributed by atoms with E-state index in [1.165, 1.54) is 12.1 Å². The highest BCUT2D eigenvalue weighted by Gasteiger charge is 2.49. The maximum absolute atomic E-state index is 13.9. The molecule has 3 amide bonds. The van der Waals surface area contributed by atoms with Crippen molar-refractivity contribution >= 4 is 40.9 Å². The summed E-state index contributed by atoms with van der Waals surface area (Å²) < 4.78 is 13.6. The van der Waals surface area contributed by atoms with Crippen molar-refractivity contribution in [3.63, 3.8) is 0 Å². The van der Waals surface area contributed by atoms with Gasteiger partial charge in [-0.1, -0.05) is 48.3 Å². The normalized spacial score (nSPS) is 22.5. The monoisotopic (exact) mass is 601 g/mol. The van der Waals surface area contributed by atoms with Gasteiger partial charge in [0, 0.05) is 50.5 Å². The SMILES string of the molecule is CN(C(=O)C(C)(C)c1ccc(F)cc1)C1CN(C(=O)C2CCN(C(=O)C3(C)CC3)CC2)C[C@@H]1c1ccc(Cl)c(Cl)c1. The van der Waals surface area contributed by atoms with E-state index in [0.29, 0.717) is 54.6 Å². The molecular weight excluding hydrogens is 564 g/mol. The van der Waals surface area contributed by atoms with E-state index < -0.39 is 5.41 Å². The van der Waals surface area contributed by atoms with E-state index in [9.17, 15) is 18.8 Å². The molecule has 0 radical (unpaired) electrons. The van der Waals surface area contributed by atoms with Crippen LogP contribution in [0.2, 0.25) is 10.0 Å². The first-order valence-electron chi connectivity index (χ1n) is 14.4. The van der Waals surface area contributed by atoms with E-state index in [2.05, 4.69) is 0 Å². The smallest absolute Gasteiger partial charge is 0.232 e. The number of halogens is 3. The van der Waals surface area contributed by atoms with E-state index >= 15 is 0 Å². The number of rotatable bonds is 6. The highest BCUT2D eigenvalue weighted by molar-refractivity contribution is 6.42. The first-order chi connectivity index (χ1) is 19.3. The van der Waals surface area contributed by atoms with Gasteiger partial charge in [0.05, 0.1) is 21.5 Å². The summed E-state index contributed by atoms with van der Waals surface area (Å²) >= 11 is 12.6. The van der Waals surface area contributed by atoms with Crippen molar-refractivity contribution in [2.45, 2.75) is 63.8 Å². The molecule has 0 bridgehead atoms. The predicted molar refractivity (Wildman–Crippen MR) is 158 cm³/mol. The topological polar surface area (TPSA) is 60.9 Å². The molecule has 9 heteroatoms. The van der Waals surface area contributed by atoms with Crippen LogP contribution in [-0.4, -0.2) is 71.7 Å². The lowest BCUT2D eigenvalue weighted by molar-refractivity contribution is -0.143. The van der Waals surface area contributed by atoms with Crippen LogP contribution in [0.4, 0.5) is 4.39 Å². The molecular formula is C32H38Cl2FN3O3. The number of likely N-dealkylation sites (tertiary alicyclic amines) is 2. The van der Waals surface area contributed by atoms with Crippen molar-refractivity contribution in [2.75, 3.05) is 33.2 Å². The molecule has 0 spiro atoms. The second kappa shape index (κ2) is 11.2. The number of likely N-dealkylation sites (N-methyl/N-ethyl adjacent to an activating group) is 1. The molecule has 6 nitrogen and oxygen atoms in total. The second-order valence-electron chi connectivity index (χ2n) is 12.8. The molecule has 2 aliphatic heterocycles. The van der Waals surface area contributed by atoms with Crippen molar-refractivity contribution in [1.29, 1.82) is 0 Å². The molecule has 3 aliphatic rings. The molecule has 2 atom stereocenters. The fourth-order valence-corrected chi connectivity index (χ4v) is 6.69. The molecule has 0 aromatic heterocycles. The average molecular weight is 603 g/mol. The van der Waals surface area contributed by atoms with Gasteiger partial charge in [0.25, 0.3) is 0 Å². The maximum Gasteiger partial charge on any atom is 0.232 e. The zero-order chi connectivity index (χ0) is 29.7. The number of benzene rings is 2. The van der Waals surface area contributed by atoms with Gasteiger partial charge >= 0.3 is 0 Å². The molecule has 2 saturated heterocycles. The zero-order valence-electron chi connectivity index (χ0n) is 24.1. The van der Waals surface area contributed by atoms with Gasteiger partial charge in [-0.05, 0) is 74.9 Å². The van der Waals surface area contributed by atoms with Crippen molar-refractivity contribution in [3.8, 4) is 0 Å².